The van der Waals surface area contributed by atoms with Crippen LogP contribution in [0.4, 0.5) is 0 Å². The average molecular weight is 222 g/mol. The van der Waals surface area contributed by atoms with Crippen molar-refractivity contribution in [1.29, 1.82) is 0 Å². The fourth-order valence-electron chi connectivity index (χ4n) is 2.76. The number of nitrogens with two attached hydrogens (primary N) is 1. The van der Waals surface area contributed by atoms with E-state index < -0.39 is 0 Å². The molecule has 0 spiro atoms. The molecule has 90 valence electrons. The van der Waals surface area contributed by atoms with Crippen LogP contribution in [0.5, 0.6) is 0 Å². The first-order chi connectivity index (χ1) is 7.67. The lowest BCUT2D eigenvalue weighted by Crippen LogP contribution is -2.37. The van der Waals surface area contributed by atoms with Crippen LogP contribution in [0.1, 0.15) is 31.6 Å². The summed E-state index contributed by atoms with van der Waals surface area (Å²) in [4.78, 5) is 2.48. The van der Waals surface area contributed by atoms with Gasteiger partial charge in [0.05, 0.1) is 12.8 Å². The highest BCUT2D eigenvalue weighted by atomic mass is 16.3. The maximum Gasteiger partial charge on any atom is 0.118 e. The standard InChI is InChI=1S/C13H22N2O/c1-10-3-11(2)7-15(6-10)8-13-4-12(5-14)9-16-13/h4,9-11H,3,5-8,14H2,1-2H3. The Morgan fingerprint density at radius 2 is 2.06 bits per heavy atom. The second-order valence-corrected chi connectivity index (χ2v) is 5.27. The van der Waals surface area contributed by atoms with Crippen molar-refractivity contribution in [3.8, 4) is 0 Å². The van der Waals surface area contributed by atoms with E-state index >= 15 is 0 Å². The molecule has 0 aromatic carbocycles. The Labute approximate surface area is 97.6 Å². The molecule has 2 atom stereocenters. The van der Waals surface area contributed by atoms with Gasteiger partial charge < -0.3 is 10.2 Å². The van der Waals surface area contributed by atoms with Crippen LogP contribution in [0, 0.1) is 11.8 Å². The van der Waals surface area contributed by atoms with Crippen LogP contribution in [-0.2, 0) is 13.1 Å². The van der Waals surface area contributed by atoms with Gasteiger partial charge in [-0.25, -0.2) is 0 Å². The maximum absolute atomic E-state index is 5.57. The molecular weight excluding hydrogens is 200 g/mol. The summed E-state index contributed by atoms with van der Waals surface area (Å²) in [6.07, 6.45) is 3.12. The Balaban J connectivity index is 1.93. The Hall–Kier alpha value is -0.800. The van der Waals surface area contributed by atoms with E-state index in [9.17, 15) is 0 Å². The predicted octanol–water partition coefficient (Wildman–Crippen LogP) is 2.22. The molecule has 1 fully saturated rings. The summed E-state index contributed by atoms with van der Waals surface area (Å²) in [6, 6.07) is 2.07. The molecule has 16 heavy (non-hydrogen) atoms. The number of hydrogen-bond acceptors (Lipinski definition) is 3. The molecule has 2 N–H and O–H groups in total. The van der Waals surface area contributed by atoms with Crippen molar-refractivity contribution in [1.82, 2.24) is 4.90 Å². The summed E-state index contributed by atoms with van der Waals surface area (Å²) < 4.78 is 5.51. The van der Waals surface area contributed by atoms with E-state index in [0.29, 0.717) is 6.54 Å². The number of hydrogen-bond donors (Lipinski definition) is 1. The van der Waals surface area contributed by atoms with Crippen LogP contribution in [0.15, 0.2) is 16.7 Å². The smallest absolute Gasteiger partial charge is 0.118 e. The third-order valence-corrected chi connectivity index (χ3v) is 3.27. The van der Waals surface area contributed by atoms with Gasteiger partial charge in [-0.1, -0.05) is 13.8 Å². The summed E-state index contributed by atoms with van der Waals surface area (Å²) in [7, 11) is 0. The molecule has 0 saturated carbocycles. The molecule has 2 unspecified atom stereocenters. The normalized spacial score (nSPS) is 27.2. The van der Waals surface area contributed by atoms with Crippen molar-refractivity contribution in [3.63, 3.8) is 0 Å². The minimum atomic E-state index is 0.566. The molecule has 1 aliphatic heterocycles. The van der Waals surface area contributed by atoms with Crippen molar-refractivity contribution >= 4 is 0 Å². The van der Waals surface area contributed by atoms with Crippen molar-refractivity contribution in [2.24, 2.45) is 17.6 Å². The minimum absolute atomic E-state index is 0.566. The maximum atomic E-state index is 5.57. The van der Waals surface area contributed by atoms with Gasteiger partial charge in [-0.05, 0) is 24.3 Å². The topological polar surface area (TPSA) is 42.4 Å². The predicted molar refractivity (Wildman–Crippen MR) is 64.8 cm³/mol. The fraction of sp³-hybridized carbons (Fsp3) is 0.692. The second kappa shape index (κ2) is 5.02. The highest BCUT2D eigenvalue weighted by molar-refractivity contribution is 5.12. The van der Waals surface area contributed by atoms with Crippen LogP contribution < -0.4 is 5.73 Å². The molecular formula is C13H22N2O. The molecule has 3 heteroatoms. The van der Waals surface area contributed by atoms with E-state index in [1.54, 1.807) is 6.26 Å². The van der Waals surface area contributed by atoms with Gasteiger partial charge in [0.25, 0.3) is 0 Å². The van der Waals surface area contributed by atoms with Gasteiger partial charge in [0.15, 0.2) is 0 Å². The highest BCUT2D eigenvalue weighted by Gasteiger charge is 2.22. The number of furan rings is 1. The van der Waals surface area contributed by atoms with E-state index in [0.717, 1.165) is 29.7 Å². The second-order valence-electron chi connectivity index (χ2n) is 5.27. The largest absolute Gasteiger partial charge is 0.468 e. The quantitative estimate of drug-likeness (QED) is 0.852. The first kappa shape index (κ1) is 11.7. The van der Waals surface area contributed by atoms with Crippen molar-refractivity contribution in [2.45, 2.75) is 33.4 Å². The van der Waals surface area contributed by atoms with E-state index in [4.69, 9.17) is 10.2 Å². The van der Waals surface area contributed by atoms with Crippen LogP contribution in [0.2, 0.25) is 0 Å². The SMILES string of the molecule is CC1CC(C)CN(Cc2cc(CN)co2)C1. The first-order valence-corrected chi connectivity index (χ1v) is 6.16. The summed E-state index contributed by atoms with van der Waals surface area (Å²) >= 11 is 0. The third kappa shape index (κ3) is 2.86. The molecule has 1 aliphatic rings. The summed E-state index contributed by atoms with van der Waals surface area (Å²) in [6.45, 7) is 8.52. The summed E-state index contributed by atoms with van der Waals surface area (Å²) in [5.41, 5.74) is 6.66. The van der Waals surface area contributed by atoms with Gasteiger partial charge in [0.2, 0.25) is 0 Å². The van der Waals surface area contributed by atoms with E-state index in [1.165, 1.54) is 19.5 Å². The summed E-state index contributed by atoms with van der Waals surface area (Å²) in [5.74, 6) is 2.64. The van der Waals surface area contributed by atoms with Crippen molar-refractivity contribution in [3.05, 3.63) is 23.7 Å². The molecule has 1 aromatic heterocycles. The Morgan fingerprint density at radius 1 is 1.38 bits per heavy atom. The average Bonchev–Trinajstić information content (AvgIpc) is 2.64. The van der Waals surface area contributed by atoms with E-state index in [2.05, 4.69) is 24.8 Å². The van der Waals surface area contributed by atoms with Gasteiger partial charge in [0.1, 0.15) is 5.76 Å². The zero-order valence-electron chi connectivity index (χ0n) is 10.3. The lowest BCUT2D eigenvalue weighted by molar-refractivity contribution is 0.126. The number of piperidine rings is 1. The molecule has 0 bridgehead atoms. The fourth-order valence-corrected chi connectivity index (χ4v) is 2.76. The van der Waals surface area contributed by atoms with E-state index in [-0.39, 0.29) is 0 Å². The van der Waals surface area contributed by atoms with Gasteiger partial charge >= 0.3 is 0 Å². The minimum Gasteiger partial charge on any atom is -0.468 e. The van der Waals surface area contributed by atoms with Crippen molar-refractivity contribution in [2.75, 3.05) is 13.1 Å². The first-order valence-electron chi connectivity index (χ1n) is 6.16. The lowest BCUT2D eigenvalue weighted by atomic mass is 9.92. The van der Waals surface area contributed by atoms with Gasteiger partial charge in [-0.3, -0.25) is 4.90 Å². The molecule has 1 saturated heterocycles. The summed E-state index contributed by atoms with van der Waals surface area (Å²) in [5, 5.41) is 0. The van der Waals surface area contributed by atoms with Crippen LogP contribution >= 0.6 is 0 Å². The van der Waals surface area contributed by atoms with Gasteiger partial charge in [0, 0.05) is 25.2 Å². The van der Waals surface area contributed by atoms with Crippen LogP contribution in [0.3, 0.4) is 0 Å². The molecule has 0 amide bonds. The molecule has 0 radical (unpaired) electrons. The highest BCUT2D eigenvalue weighted by Crippen LogP contribution is 2.22. The van der Waals surface area contributed by atoms with E-state index in [1.807, 2.05) is 0 Å². The molecule has 3 nitrogen and oxygen atoms in total. The third-order valence-electron chi connectivity index (χ3n) is 3.27. The monoisotopic (exact) mass is 222 g/mol. The molecule has 0 aliphatic carbocycles. The van der Waals surface area contributed by atoms with Crippen LogP contribution in [0.25, 0.3) is 0 Å². The zero-order chi connectivity index (χ0) is 11.5. The Kier molecular flexibility index (Phi) is 3.66. The van der Waals surface area contributed by atoms with Gasteiger partial charge in [-0.15, -0.1) is 0 Å². The molecule has 1 aromatic rings. The number of likely N-dealkylation sites (tertiary alicyclic amines) is 1. The molecule has 2 rings (SSSR count). The van der Waals surface area contributed by atoms with Crippen LogP contribution in [-0.4, -0.2) is 18.0 Å². The van der Waals surface area contributed by atoms with Crippen molar-refractivity contribution < 1.29 is 4.42 Å². The number of rotatable bonds is 3. The van der Waals surface area contributed by atoms with Gasteiger partial charge in [-0.2, -0.15) is 0 Å². The lowest BCUT2D eigenvalue weighted by Gasteiger charge is -2.34. The number of nitrogens with zero attached hydrogens (tertiary/aromatic N) is 1. The molecule has 2 heterocycles. The zero-order valence-corrected chi connectivity index (χ0v) is 10.3. The Bertz CT molecular complexity index is 324. The Morgan fingerprint density at radius 3 is 2.62 bits per heavy atom.